The van der Waals surface area contributed by atoms with Crippen LogP contribution in [0.2, 0.25) is 5.02 Å². The summed E-state index contributed by atoms with van der Waals surface area (Å²) in [6, 6.07) is 13.1. The van der Waals surface area contributed by atoms with E-state index in [1.807, 2.05) is 55.0 Å². The molecule has 0 bridgehead atoms. The number of carbonyl (C=O) groups excluding carboxylic acids is 2. The largest absolute Gasteiger partial charge is 0.485 e. The van der Waals surface area contributed by atoms with Gasteiger partial charge in [0.2, 0.25) is 5.91 Å². The number of carbonyl (C=O) groups is 2. The van der Waals surface area contributed by atoms with Crippen molar-refractivity contribution in [3.63, 3.8) is 0 Å². The van der Waals surface area contributed by atoms with Gasteiger partial charge in [0.05, 0.1) is 12.9 Å². The van der Waals surface area contributed by atoms with Crippen LogP contribution in [0.4, 0.5) is 5.00 Å². The number of hydrogen-bond acceptors (Lipinski definition) is 8. The molecule has 2 aromatic heterocycles. The maximum absolute atomic E-state index is 12.8. The van der Waals surface area contributed by atoms with E-state index < -0.39 is 5.97 Å². The van der Waals surface area contributed by atoms with E-state index in [9.17, 15) is 9.59 Å². The van der Waals surface area contributed by atoms with Crippen LogP contribution in [0.1, 0.15) is 34.2 Å². The summed E-state index contributed by atoms with van der Waals surface area (Å²) in [5, 5.41) is 14.8. The van der Waals surface area contributed by atoms with Gasteiger partial charge in [-0.3, -0.25) is 4.79 Å². The van der Waals surface area contributed by atoms with E-state index in [0.717, 1.165) is 16.9 Å². The zero-order valence-electron chi connectivity index (χ0n) is 21.4. The third kappa shape index (κ3) is 6.38. The summed E-state index contributed by atoms with van der Waals surface area (Å²) in [4.78, 5) is 25.4. The molecule has 1 amide bonds. The molecule has 0 spiro atoms. The molecule has 0 saturated heterocycles. The molecule has 38 heavy (non-hydrogen) atoms. The van der Waals surface area contributed by atoms with E-state index in [2.05, 4.69) is 21.6 Å². The summed E-state index contributed by atoms with van der Waals surface area (Å²) < 4.78 is 12.9. The third-order valence-corrected chi connectivity index (χ3v) is 7.83. The Labute approximate surface area is 234 Å². The topological polar surface area (TPSA) is 95.3 Å². The number of amides is 1. The number of ether oxygens (including phenoxy) is 2. The molecule has 1 N–H and O–H groups in total. The summed E-state index contributed by atoms with van der Waals surface area (Å²) in [6.07, 6.45) is 0. The molecular formula is C27H27ClN4O4S2. The molecule has 4 aromatic rings. The lowest BCUT2D eigenvalue weighted by atomic mass is 10.0. The quantitative estimate of drug-likeness (QED) is 0.174. The lowest BCUT2D eigenvalue weighted by Crippen LogP contribution is -2.16. The molecule has 198 valence electrons. The van der Waals surface area contributed by atoms with Crippen LogP contribution in [0, 0.1) is 13.8 Å². The monoisotopic (exact) mass is 570 g/mol. The Morgan fingerprint density at radius 2 is 1.89 bits per heavy atom. The SMILES string of the molecule is CCn1c(COc2ccc(C)cc2C)nnc1SCC(=O)Nc1scc(-c2ccc(Cl)cc2)c1C(=O)OC. The average Bonchev–Trinajstić information content (AvgIpc) is 3.50. The van der Waals surface area contributed by atoms with Crippen LogP contribution < -0.4 is 10.1 Å². The Morgan fingerprint density at radius 3 is 2.58 bits per heavy atom. The van der Waals surface area contributed by atoms with Crippen molar-refractivity contribution >= 4 is 51.6 Å². The highest BCUT2D eigenvalue weighted by Gasteiger charge is 2.23. The van der Waals surface area contributed by atoms with Gasteiger partial charge in [0.1, 0.15) is 22.9 Å². The summed E-state index contributed by atoms with van der Waals surface area (Å²) in [7, 11) is 1.31. The number of nitrogens with zero attached hydrogens (tertiary/aromatic N) is 3. The second-order valence-electron chi connectivity index (χ2n) is 8.39. The number of thioether (sulfide) groups is 1. The number of nitrogens with one attached hydrogen (secondary N) is 1. The van der Waals surface area contributed by atoms with Gasteiger partial charge in [-0.05, 0) is 50.1 Å². The minimum absolute atomic E-state index is 0.0881. The Balaban J connectivity index is 1.43. The molecule has 4 rings (SSSR count). The molecular weight excluding hydrogens is 544 g/mol. The lowest BCUT2D eigenvalue weighted by Gasteiger charge is -2.11. The lowest BCUT2D eigenvalue weighted by molar-refractivity contribution is -0.113. The van der Waals surface area contributed by atoms with Crippen molar-refractivity contribution in [2.24, 2.45) is 0 Å². The minimum atomic E-state index is -0.529. The van der Waals surface area contributed by atoms with Gasteiger partial charge in [-0.25, -0.2) is 4.79 Å². The Hall–Kier alpha value is -3.34. The van der Waals surface area contributed by atoms with Gasteiger partial charge in [0, 0.05) is 22.5 Å². The van der Waals surface area contributed by atoms with Gasteiger partial charge in [-0.15, -0.1) is 21.5 Å². The molecule has 0 fully saturated rings. The van der Waals surface area contributed by atoms with Gasteiger partial charge in [0.15, 0.2) is 11.0 Å². The number of aryl methyl sites for hydroxylation is 2. The van der Waals surface area contributed by atoms with E-state index in [4.69, 9.17) is 21.1 Å². The fourth-order valence-electron chi connectivity index (χ4n) is 3.84. The second kappa shape index (κ2) is 12.5. The van der Waals surface area contributed by atoms with E-state index >= 15 is 0 Å². The normalized spacial score (nSPS) is 10.9. The number of thiophene rings is 1. The van der Waals surface area contributed by atoms with E-state index in [-0.39, 0.29) is 18.3 Å². The van der Waals surface area contributed by atoms with E-state index in [1.165, 1.54) is 35.8 Å². The number of aromatic nitrogens is 3. The maximum Gasteiger partial charge on any atom is 0.341 e. The Morgan fingerprint density at radius 1 is 1.13 bits per heavy atom. The summed E-state index contributed by atoms with van der Waals surface area (Å²) in [5.41, 5.74) is 4.00. The van der Waals surface area contributed by atoms with Crippen LogP contribution in [-0.2, 0) is 22.7 Å². The maximum atomic E-state index is 12.8. The summed E-state index contributed by atoms with van der Waals surface area (Å²) >= 11 is 8.53. The first kappa shape index (κ1) is 27.7. The molecule has 0 aliphatic heterocycles. The van der Waals surface area contributed by atoms with Crippen LogP contribution in [0.15, 0.2) is 53.0 Å². The standard InChI is InChI=1S/C27H27ClN4O4S2/c1-5-32-22(13-36-21-11-6-16(2)12-17(21)3)30-31-27(32)38-15-23(33)29-25-24(26(34)35-4)20(14-37-25)18-7-9-19(28)10-8-18/h6-12,14H,5,13,15H2,1-4H3,(H,29,33). The van der Waals surface area contributed by atoms with Crippen LogP contribution in [-0.4, -0.2) is 39.5 Å². The predicted octanol–water partition coefficient (Wildman–Crippen LogP) is 6.39. The van der Waals surface area contributed by atoms with Gasteiger partial charge in [-0.2, -0.15) is 0 Å². The second-order valence-corrected chi connectivity index (χ2v) is 10.6. The molecule has 0 aliphatic carbocycles. The Kier molecular flexibility index (Phi) is 9.09. The van der Waals surface area contributed by atoms with Crippen molar-refractivity contribution in [1.82, 2.24) is 14.8 Å². The van der Waals surface area contributed by atoms with Crippen molar-refractivity contribution < 1.29 is 19.1 Å². The van der Waals surface area contributed by atoms with Crippen molar-refractivity contribution in [1.29, 1.82) is 0 Å². The first-order chi connectivity index (χ1) is 18.3. The van der Waals surface area contributed by atoms with Crippen molar-refractivity contribution in [2.75, 3.05) is 18.2 Å². The smallest absolute Gasteiger partial charge is 0.341 e. The molecule has 2 heterocycles. The molecule has 0 saturated carbocycles. The third-order valence-electron chi connectivity index (χ3n) is 5.72. The number of esters is 1. The van der Waals surface area contributed by atoms with Crippen LogP contribution in [0.5, 0.6) is 5.75 Å². The molecule has 0 atom stereocenters. The highest BCUT2D eigenvalue weighted by Crippen LogP contribution is 2.36. The first-order valence-electron chi connectivity index (χ1n) is 11.8. The van der Waals surface area contributed by atoms with Crippen molar-refractivity contribution in [3.05, 3.63) is 75.4 Å². The van der Waals surface area contributed by atoms with Crippen LogP contribution in [0.3, 0.4) is 0 Å². The fraction of sp³-hybridized carbons (Fsp3) is 0.259. The first-order valence-corrected chi connectivity index (χ1v) is 14.1. The molecule has 8 nitrogen and oxygen atoms in total. The fourth-order valence-corrected chi connectivity index (χ4v) is 5.76. The zero-order chi connectivity index (χ0) is 27.2. The molecule has 2 aromatic carbocycles. The zero-order valence-corrected chi connectivity index (χ0v) is 23.8. The van der Waals surface area contributed by atoms with E-state index in [0.29, 0.717) is 38.7 Å². The van der Waals surface area contributed by atoms with Gasteiger partial charge >= 0.3 is 5.97 Å². The number of methoxy groups -OCH3 is 1. The molecule has 0 unspecified atom stereocenters. The summed E-state index contributed by atoms with van der Waals surface area (Å²) in [6.45, 7) is 6.93. The number of benzene rings is 2. The molecule has 11 heteroatoms. The Bertz CT molecular complexity index is 1450. The number of rotatable bonds is 10. The number of halogens is 1. The highest BCUT2D eigenvalue weighted by molar-refractivity contribution is 7.99. The highest BCUT2D eigenvalue weighted by atomic mass is 35.5. The van der Waals surface area contributed by atoms with Crippen LogP contribution >= 0.6 is 34.7 Å². The summed E-state index contributed by atoms with van der Waals surface area (Å²) in [5.74, 6) is 0.756. The molecule has 0 aliphatic rings. The van der Waals surface area contributed by atoms with Gasteiger partial charge < -0.3 is 19.4 Å². The molecule has 0 radical (unpaired) electrons. The van der Waals surface area contributed by atoms with E-state index in [1.54, 1.807) is 12.1 Å². The predicted molar refractivity (Wildman–Crippen MR) is 151 cm³/mol. The number of hydrogen-bond donors (Lipinski definition) is 1. The van der Waals surface area contributed by atoms with Crippen molar-refractivity contribution in [3.8, 4) is 16.9 Å². The van der Waals surface area contributed by atoms with Gasteiger partial charge in [0.25, 0.3) is 0 Å². The van der Waals surface area contributed by atoms with Gasteiger partial charge in [-0.1, -0.05) is 53.2 Å². The average molecular weight is 571 g/mol. The van der Waals surface area contributed by atoms with Crippen molar-refractivity contribution in [2.45, 2.75) is 39.1 Å². The number of anilines is 1. The minimum Gasteiger partial charge on any atom is -0.485 e. The van der Waals surface area contributed by atoms with Crippen LogP contribution in [0.25, 0.3) is 11.1 Å².